The number of phenolic OH excluding ortho intramolecular Hbond substituents is 1. The third kappa shape index (κ3) is 6.54. The summed E-state index contributed by atoms with van der Waals surface area (Å²) in [5.41, 5.74) is 1.59. The lowest BCUT2D eigenvalue weighted by molar-refractivity contribution is -0.0148. The summed E-state index contributed by atoms with van der Waals surface area (Å²) in [6.07, 6.45) is 0.741. The van der Waals surface area contributed by atoms with Crippen LogP contribution in [0.2, 0.25) is 0 Å². The van der Waals surface area contributed by atoms with Gasteiger partial charge in [0.1, 0.15) is 12.0 Å². The molecule has 0 spiro atoms. The second-order valence-electron chi connectivity index (χ2n) is 5.25. The van der Waals surface area contributed by atoms with Crippen molar-refractivity contribution in [2.75, 3.05) is 52.9 Å². The van der Waals surface area contributed by atoms with Gasteiger partial charge in [-0.15, -0.1) is 0 Å². The van der Waals surface area contributed by atoms with Gasteiger partial charge in [0.15, 0.2) is 0 Å². The fourth-order valence-electron chi connectivity index (χ4n) is 2.22. The van der Waals surface area contributed by atoms with Gasteiger partial charge < -0.3 is 28.8 Å². The molecular formula is C17H24O7. The Labute approximate surface area is 141 Å². The van der Waals surface area contributed by atoms with E-state index in [9.17, 15) is 9.90 Å². The SMILES string of the molecule is O=Cc1cc2c(O)c(c1)COCCOCCOCCOCCOC2. The number of aldehydes is 1. The van der Waals surface area contributed by atoms with Crippen molar-refractivity contribution < 1.29 is 33.6 Å². The first-order valence-electron chi connectivity index (χ1n) is 8.00. The largest absolute Gasteiger partial charge is 0.507 e. The summed E-state index contributed by atoms with van der Waals surface area (Å²) >= 11 is 0. The van der Waals surface area contributed by atoms with Gasteiger partial charge in [0.05, 0.1) is 66.1 Å². The van der Waals surface area contributed by atoms with E-state index in [1.54, 1.807) is 12.1 Å². The number of ether oxygens (including phenoxy) is 5. The number of benzene rings is 1. The average Bonchev–Trinajstić information content (AvgIpc) is 2.59. The van der Waals surface area contributed by atoms with Crippen LogP contribution >= 0.6 is 0 Å². The molecular weight excluding hydrogens is 316 g/mol. The lowest BCUT2D eigenvalue weighted by atomic mass is 10.1. The van der Waals surface area contributed by atoms with Crippen LogP contribution < -0.4 is 0 Å². The predicted molar refractivity (Wildman–Crippen MR) is 85.3 cm³/mol. The van der Waals surface area contributed by atoms with Crippen LogP contribution in [0, 0.1) is 0 Å². The molecule has 7 nitrogen and oxygen atoms in total. The van der Waals surface area contributed by atoms with Crippen LogP contribution in [0.1, 0.15) is 21.5 Å². The number of hydrogen-bond acceptors (Lipinski definition) is 7. The summed E-state index contributed by atoms with van der Waals surface area (Å²) in [6.45, 7) is 4.03. The highest BCUT2D eigenvalue weighted by Crippen LogP contribution is 2.26. The summed E-state index contributed by atoms with van der Waals surface area (Å²) in [7, 11) is 0. The number of hydrogen-bond donors (Lipinski definition) is 1. The Morgan fingerprint density at radius 1 is 0.708 bits per heavy atom. The molecule has 1 heterocycles. The molecule has 1 aromatic carbocycles. The lowest BCUT2D eigenvalue weighted by Crippen LogP contribution is -2.13. The molecule has 1 aromatic rings. The molecule has 1 N–H and O–H groups in total. The second-order valence-corrected chi connectivity index (χ2v) is 5.25. The summed E-state index contributed by atoms with van der Waals surface area (Å²) < 4.78 is 27.1. The molecule has 0 aromatic heterocycles. The lowest BCUT2D eigenvalue weighted by Gasteiger charge is -2.13. The first kappa shape index (κ1) is 18.8. The normalized spacial score (nSPS) is 19.2. The van der Waals surface area contributed by atoms with Crippen molar-refractivity contribution in [3.63, 3.8) is 0 Å². The summed E-state index contributed by atoms with van der Waals surface area (Å²) in [5, 5.41) is 10.3. The van der Waals surface area contributed by atoms with E-state index in [1.165, 1.54) is 0 Å². The van der Waals surface area contributed by atoms with E-state index in [2.05, 4.69) is 0 Å². The maximum Gasteiger partial charge on any atom is 0.150 e. The Hall–Kier alpha value is -1.51. The van der Waals surface area contributed by atoms with E-state index in [0.717, 1.165) is 6.29 Å². The molecule has 0 radical (unpaired) electrons. The third-order valence-electron chi connectivity index (χ3n) is 3.43. The molecule has 134 valence electrons. The van der Waals surface area contributed by atoms with Crippen LogP contribution in [-0.4, -0.2) is 64.2 Å². The number of aromatic hydroxyl groups is 1. The Morgan fingerprint density at radius 2 is 1.08 bits per heavy atom. The number of rotatable bonds is 1. The van der Waals surface area contributed by atoms with Gasteiger partial charge in [0, 0.05) is 16.7 Å². The van der Waals surface area contributed by atoms with Crippen LogP contribution in [-0.2, 0) is 36.9 Å². The molecule has 2 bridgehead atoms. The molecule has 0 saturated carbocycles. The summed E-state index contributed by atoms with van der Waals surface area (Å²) in [4.78, 5) is 11.1. The molecule has 2 rings (SSSR count). The minimum absolute atomic E-state index is 0.0944. The average molecular weight is 340 g/mol. The number of carbonyl (C=O) groups excluding carboxylic acids is 1. The van der Waals surface area contributed by atoms with Gasteiger partial charge in [-0.3, -0.25) is 4.79 Å². The summed E-state index contributed by atoms with van der Waals surface area (Å²) in [5.74, 6) is 0.0944. The summed E-state index contributed by atoms with van der Waals surface area (Å²) in [6, 6.07) is 3.23. The first-order valence-corrected chi connectivity index (χ1v) is 8.00. The third-order valence-corrected chi connectivity index (χ3v) is 3.43. The monoisotopic (exact) mass is 340 g/mol. The highest BCUT2D eigenvalue weighted by Gasteiger charge is 2.11. The molecule has 7 heteroatoms. The van der Waals surface area contributed by atoms with Gasteiger partial charge >= 0.3 is 0 Å². The van der Waals surface area contributed by atoms with Crippen molar-refractivity contribution in [1.82, 2.24) is 0 Å². The second kappa shape index (κ2) is 11.1. The zero-order valence-corrected chi connectivity index (χ0v) is 13.7. The Bertz CT molecular complexity index is 467. The minimum atomic E-state index is 0.0944. The predicted octanol–water partition coefficient (Wildman–Crippen LogP) is 1.30. The molecule has 0 fully saturated rings. The molecule has 0 unspecified atom stereocenters. The van der Waals surface area contributed by atoms with Crippen molar-refractivity contribution in [1.29, 1.82) is 0 Å². The molecule has 24 heavy (non-hydrogen) atoms. The van der Waals surface area contributed by atoms with Gasteiger partial charge in [-0.05, 0) is 12.1 Å². The van der Waals surface area contributed by atoms with Crippen molar-refractivity contribution in [2.24, 2.45) is 0 Å². The van der Waals surface area contributed by atoms with E-state index >= 15 is 0 Å². The van der Waals surface area contributed by atoms with E-state index in [1.807, 2.05) is 0 Å². The van der Waals surface area contributed by atoms with Crippen LogP contribution in [0.15, 0.2) is 12.1 Å². The van der Waals surface area contributed by atoms with E-state index in [4.69, 9.17) is 23.7 Å². The van der Waals surface area contributed by atoms with Crippen molar-refractivity contribution in [2.45, 2.75) is 13.2 Å². The van der Waals surface area contributed by atoms with E-state index < -0.39 is 0 Å². The van der Waals surface area contributed by atoms with Crippen LogP contribution in [0.4, 0.5) is 0 Å². The number of phenols is 1. The van der Waals surface area contributed by atoms with Gasteiger partial charge in [-0.2, -0.15) is 0 Å². The highest BCUT2D eigenvalue weighted by atomic mass is 16.6. The quantitative estimate of drug-likeness (QED) is 0.772. The molecule has 0 aliphatic carbocycles. The fourth-order valence-corrected chi connectivity index (χ4v) is 2.22. The van der Waals surface area contributed by atoms with E-state index in [-0.39, 0.29) is 19.0 Å². The van der Waals surface area contributed by atoms with Gasteiger partial charge in [0.2, 0.25) is 0 Å². The molecule has 1 aliphatic heterocycles. The molecule has 1 aliphatic rings. The minimum Gasteiger partial charge on any atom is -0.507 e. The zero-order chi connectivity index (χ0) is 17.0. The molecule has 0 atom stereocenters. The van der Waals surface area contributed by atoms with Crippen molar-refractivity contribution in [3.8, 4) is 5.75 Å². The maximum atomic E-state index is 11.1. The highest BCUT2D eigenvalue weighted by molar-refractivity contribution is 5.76. The van der Waals surface area contributed by atoms with Gasteiger partial charge in [-0.1, -0.05) is 0 Å². The Morgan fingerprint density at radius 3 is 1.46 bits per heavy atom. The Kier molecular flexibility index (Phi) is 8.72. The molecule has 0 amide bonds. The van der Waals surface area contributed by atoms with Crippen LogP contribution in [0.3, 0.4) is 0 Å². The van der Waals surface area contributed by atoms with Gasteiger partial charge in [0.25, 0.3) is 0 Å². The zero-order valence-electron chi connectivity index (χ0n) is 13.7. The standard InChI is InChI=1S/C17H24O7/c18-11-14-9-15-12-23-7-5-21-3-1-20-2-4-22-6-8-24-13-16(10-14)17(15)19/h9-11,19H,1-8,12-13H2. The van der Waals surface area contributed by atoms with Crippen molar-refractivity contribution in [3.05, 3.63) is 28.8 Å². The Balaban J connectivity index is 1.99. The molecule has 0 saturated heterocycles. The van der Waals surface area contributed by atoms with Gasteiger partial charge in [-0.25, -0.2) is 0 Å². The number of carbonyl (C=O) groups is 1. The smallest absolute Gasteiger partial charge is 0.150 e. The van der Waals surface area contributed by atoms with Crippen molar-refractivity contribution >= 4 is 6.29 Å². The van der Waals surface area contributed by atoms with Crippen LogP contribution in [0.25, 0.3) is 0 Å². The first-order chi connectivity index (χ1) is 11.8. The maximum absolute atomic E-state index is 11.1. The van der Waals surface area contributed by atoms with E-state index in [0.29, 0.717) is 69.5 Å². The topological polar surface area (TPSA) is 83.5 Å². The number of fused-ring (bicyclic) bond motifs is 2. The fraction of sp³-hybridized carbons (Fsp3) is 0.588. The van der Waals surface area contributed by atoms with Crippen LogP contribution in [0.5, 0.6) is 5.75 Å².